The minimum Gasteiger partial charge on any atom is -0.381 e. The molecule has 0 saturated carbocycles. The maximum atomic E-state index is 8.45. The molecule has 0 bridgehead atoms. The fourth-order valence-electron chi connectivity index (χ4n) is 1.37. The highest BCUT2D eigenvalue weighted by Crippen LogP contribution is 2.05. The molecule has 0 aromatic rings. The molecule has 2 atom stereocenters. The number of hydrogen-bond acceptors (Lipinski definition) is 3. The van der Waals surface area contributed by atoms with Gasteiger partial charge in [-0.1, -0.05) is 34.5 Å². The highest BCUT2D eigenvalue weighted by Gasteiger charge is 2.08. The van der Waals surface area contributed by atoms with Gasteiger partial charge in [0.15, 0.2) is 0 Å². The second kappa shape index (κ2) is 12.5. The SMILES string of the molecule is CC=CCC(COCC(CC=CC)N=[N+]=[N-])N=[N+]=[N-]. The van der Waals surface area contributed by atoms with Crippen LogP contribution in [0.2, 0.25) is 0 Å². The second-order valence-corrected chi connectivity index (χ2v) is 3.86. The van der Waals surface area contributed by atoms with Crippen molar-refractivity contribution >= 4 is 0 Å². The van der Waals surface area contributed by atoms with Gasteiger partial charge in [0.1, 0.15) is 0 Å². The van der Waals surface area contributed by atoms with E-state index in [0.717, 1.165) is 0 Å². The molecule has 0 N–H and O–H groups in total. The Bertz CT molecular complexity index is 344. The van der Waals surface area contributed by atoms with Gasteiger partial charge in [-0.15, -0.1) is 0 Å². The lowest BCUT2D eigenvalue weighted by atomic mass is 10.2. The third-order valence-electron chi connectivity index (χ3n) is 2.34. The van der Waals surface area contributed by atoms with Gasteiger partial charge in [0.2, 0.25) is 0 Å². The zero-order valence-corrected chi connectivity index (χ0v) is 11.4. The van der Waals surface area contributed by atoms with Gasteiger partial charge in [-0.05, 0) is 37.8 Å². The lowest BCUT2D eigenvalue weighted by Crippen LogP contribution is -2.18. The Hall–Kier alpha value is -1.94. The fourth-order valence-corrected chi connectivity index (χ4v) is 1.37. The molecule has 0 aliphatic rings. The van der Waals surface area contributed by atoms with Crippen LogP contribution in [0, 0.1) is 0 Å². The van der Waals surface area contributed by atoms with Crippen molar-refractivity contribution in [3.63, 3.8) is 0 Å². The van der Waals surface area contributed by atoms with Gasteiger partial charge in [-0.2, -0.15) is 0 Å². The minimum atomic E-state index is -0.227. The van der Waals surface area contributed by atoms with Crippen molar-refractivity contribution in [1.82, 2.24) is 0 Å². The molecule has 0 spiro atoms. The van der Waals surface area contributed by atoms with E-state index in [1.165, 1.54) is 0 Å². The predicted octanol–water partition coefficient (Wildman–Crippen LogP) is 4.29. The van der Waals surface area contributed by atoms with Gasteiger partial charge in [0, 0.05) is 9.82 Å². The van der Waals surface area contributed by atoms with E-state index in [9.17, 15) is 0 Å². The van der Waals surface area contributed by atoms with Crippen LogP contribution in [0.1, 0.15) is 26.7 Å². The number of allylic oxidation sites excluding steroid dienone is 2. The van der Waals surface area contributed by atoms with Crippen LogP contribution < -0.4 is 0 Å². The van der Waals surface area contributed by atoms with Gasteiger partial charge in [-0.3, -0.25) is 0 Å². The van der Waals surface area contributed by atoms with Crippen LogP contribution in [-0.2, 0) is 4.74 Å². The Morgan fingerprint density at radius 1 is 0.947 bits per heavy atom. The molecule has 0 radical (unpaired) electrons. The zero-order valence-electron chi connectivity index (χ0n) is 11.4. The van der Waals surface area contributed by atoms with Gasteiger partial charge in [-0.25, -0.2) is 0 Å². The Morgan fingerprint density at radius 3 is 1.68 bits per heavy atom. The Balaban J connectivity index is 4.18. The summed E-state index contributed by atoms with van der Waals surface area (Å²) in [6.07, 6.45) is 8.92. The molecule has 0 saturated heterocycles. The Kier molecular flexibility index (Phi) is 11.2. The summed E-state index contributed by atoms with van der Waals surface area (Å²) in [5.74, 6) is 0. The number of azide groups is 2. The number of hydrogen-bond donors (Lipinski definition) is 0. The van der Waals surface area contributed by atoms with E-state index in [4.69, 9.17) is 15.8 Å². The maximum Gasteiger partial charge on any atom is 0.0642 e. The van der Waals surface area contributed by atoms with Crippen molar-refractivity contribution in [2.45, 2.75) is 38.8 Å². The summed E-state index contributed by atoms with van der Waals surface area (Å²) >= 11 is 0. The molecule has 0 amide bonds. The summed E-state index contributed by atoms with van der Waals surface area (Å²) in [5.41, 5.74) is 16.9. The van der Waals surface area contributed by atoms with E-state index in [-0.39, 0.29) is 12.1 Å². The maximum absolute atomic E-state index is 8.45. The molecule has 0 aromatic heterocycles. The third kappa shape index (κ3) is 9.73. The fraction of sp³-hybridized carbons (Fsp3) is 0.667. The molecule has 7 nitrogen and oxygen atoms in total. The molecule has 0 aliphatic heterocycles. The molecule has 0 rings (SSSR count). The molecular weight excluding hydrogens is 244 g/mol. The molecule has 0 aliphatic carbocycles. The van der Waals surface area contributed by atoms with E-state index in [2.05, 4.69) is 20.1 Å². The van der Waals surface area contributed by atoms with Gasteiger partial charge in [0.25, 0.3) is 0 Å². The first kappa shape index (κ1) is 17.1. The number of rotatable bonds is 10. The standard InChI is InChI=1S/C12H20N6O/c1-3-5-7-11(15-17-13)9-19-10-12(16-18-14)8-6-4-2/h3-6,11-12H,7-10H2,1-2H3. The van der Waals surface area contributed by atoms with E-state index in [1.807, 2.05) is 38.2 Å². The van der Waals surface area contributed by atoms with Crippen LogP contribution in [0.4, 0.5) is 0 Å². The van der Waals surface area contributed by atoms with Crippen molar-refractivity contribution in [2.75, 3.05) is 13.2 Å². The predicted molar refractivity (Wildman–Crippen MR) is 75.5 cm³/mol. The van der Waals surface area contributed by atoms with Gasteiger partial charge in [0.05, 0.1) is 25.3 Å². The molecule has 2 unspecified atom stereocenters. The smallest absolute Gasteiger partial charge is 0.0642 e. The summed E-state index contributed by atoms with van der Waals surface area (Å²) in [6.45, 7) is 4.45. The van der Waals surface area contributed by atoms with E-state index in [1.54, 1.807) is 0 Å². The summed E-state index contributed by atoms with van der Waals surface area (Å²) in [7, 11) is 0. The van der Waals surface area contributed by atoms with E-state index in [0.29, 0.717) is 26.1 Å². The first-order valence-electron chi connectivity index (χ1n) is 6.16. The van der Waals surface area contributed by atoms with Crippen LogP contribution >= 0.6 is 0 Å². The Labute approximate surface area is 113 Å². The van der Waals surface area contributed by atoms with Crippen LogP contribution in [0.5, 0.6) is 0 Å². The summed E-state index contributed by atoms with van der Waals surface area (Å²) < 4.78 is 5.46. The minimum absolute atomic E-state index is 0.227. The molecule has 19 heavy (non-hydrogen) atoms. The van der Waals surface area contributed by atoms with Crippen LogP contribution in [0.15, 0.2) is 34.5 Å². The van der Waals surface area contributed by atoms with Gasteiger partial charge < -0.3 is 4.74 Å². The van der Waals surface area contributed by atoms with Crippen molar-refractivity contribution in [3.8, 4) is 0 Å². The summed E-state index contributed by atoms with van der Waals surface area (Å²) in [6, 6.07) is -0.454. The highest BCUT2D eigenvalue weighted by molar-refractivity contribution is 4.85. The number of ether oxygens (including phenoxy) is 1. The van der Waals surface area contributed by atoms with Gasteiger partial charge >= 0.3 is 0 Å². The van der Waals surface area contributed by atoms with Crippen LogP contribution in [0.25, 0.3) is 20.9 Å². The third-order valence-corrected chi connectivity index (χ3v) is 2.34. The monoisotopic (exact) mass is 264 g/mol. The molecular formula is C12H20N6O. The molecule has 7 heteroatoms. The normalized spacial score (nSPS) is 14.0. The molecule has 0 heterocycles. The van der Waals surface area contributed by atoms with Crippen molar-refractivity contribution < 1.29 is 4.74 Å². The molecule has 104 valence electrons. The topological polar surface area (TPSA) is 107 Å². The van der Waals surface area contributed by atoms with Crippen molar-refractivity contribution in [1.29, 1.82) is 0 Å². The average molecular weight is 264 g/mol. The molecule has 0 fully saturated rings. The van der Waals surface area contributed by atoms with E-state index < -0.39 is 0 Å². The Morgan fingerprint density at radius 2 is 1.37 bits per heavy atom. The summed E-state index contributed by atoms with van der Waals surface area (Å²) in [4.78, 5) is 5.58. The first-order chi connectivity index (χ1) is 9.28. The lowest BCUT2D eigenvalue weighted by molar-refractivity contribution is 0.109. The quantitative estimate of drug-likeness (QED) is 0.249. The summed E-state index contributed by atoms with van der Waals surface area (Å²) in [5, 5.41) is 7.31. The average Bonchev–Trinajstić information content (AvgIpc) is 2.42. The van der Waals surface area contributed by atoms with E-state index >= 15 is 0 Å². The highest BCUT2D eigenvalue weighted by atomic mass is 16.5. The van der Waals surface area contributed by atoms with Crippen LogP contribution in [-0.4, -0.2) is 25.3 Å². The van der Waals surface area contributed by atoms with Crippen LogP contribution in [0.3, 0.4) is 0 Å². The number of nitrogens with zero attached hydrogens (tertiary/aromatic N) is 6. The zero-order chi connectivity index (χ0) is 14.3. The second-order valence-electron chi connectivity index (χ2n) is 3.86. The molecule has 0 aromatic carbocycles. The van der Waals surface area contributed by atoms with Crippen molar-refractivity contribution in [3.05, 3.63) is 45.2 Å². The van der Waals surface area contributed by atoms with Crippen molar-refractivity contribution in [2.24, 2.45) is 10.2 Å². The lowest BCUT2D eigenvalue weighted by Gasteiger charge is -2.12. The largest absolute Gasteiger partial charge is 0.381 e. The first-order valence-corrected chi connectivity index (χ1v) is 6.16.